The fourth-order valence-electron chi connectivity index (χ4n) is 2.65. The first-order valence-corrected chi connectivity index (χ1v) is 7.41. The van der Waals surface area contributed by atoms with Gasteiger partial charge in [0.05, 0.1) is 4.88 Å². The molecule has 0 unspecified atom stereocenters. The summed E-state index contributed by atoms with van der Waals surface area (Å²) in [6, 6.07) is 4.48. The molecule has 94 valence electrons. The maximum absolute atomic E-state index is 12.4. The summed E-state index contributed by atoms with van der Waals surface area (Å²) >= 11 is 1.61. The number of carbonyl (C=O) groups excluding carboxylic acids is 1. The zero-order valence-corrected chi connectivity index (χ0v) is 11.6. The quantitative estimate of drug-likeness (QED) is 0.799. The van der Waals surface area contributed by atoms with Crippen LogP contribution in [-0.4, -0.2) is 23.4 Å². The molecule has 1 aliphatic carbocycles. The zero-order chi connectivity index (χ0) is 12.3. The van der Waals surface area contributed by atoms with E-state index in [1.807, 2.05) is 12.1 Å². The molecule has 3 heteroatoms. The van der Waals surface area contributed by atoms with Crippen LogP contribution in [0.25, 0.3) is 0 Å². The Kier molecular flexibility index (Phi) is 4.21. The Labute approximate surface area is 108 Å². The van der Waals surface area contributed by atoms with Gasteiger partial charge in [-0.05, 0) is 38.8 Å². The monoisotopic (exact) mass is 251 g/mol. The molecule has 0 N–H and O–H groups in total. The summed E-state index contributed by atoms with van der Waals surface area (Å²) in [7, 11) is 0. The van der Waals surface area contributed by atoms with E-state index in [0.29, 0.717) is 6.04 Å². The first-order valence-electron chi connectivity index (χ1n) is 6.59. The molecule has 1 aromatic heterocycles. The van der Waals surface area contributed by atoms with Crippen LogP contribution < -0.4 is 0 Å². The van der Waals surface area contributed by atoms with E-state index >= 15 is 0 Å². The predicted molar refractivity (Wildman–Crippen MR) is 72.6 cm³/mol. The van der Waals surface area contributed by atoms with Crippen LogP contribution in [0.2, 0.25) is 0 Å². The van der Waals surface area contributed by atoms with E-state index < -0.39 is 0 Å². The molecule has 0 saturated heterocycles. The van der Waals surface area contributed by atoms with Crippen molar-refractivity contribution in [3.63, 3.8) is 0 Å². The fraction of sp³-hybridized carbons (Fsp3) is 0.643. The van der Waals surface area contributed by atoms with Crippen molar-refractivity contribution in [3.05, 3.63) is 21.9 Å². The molecule has 0 spiro atoms. The molecule has 0 aromatic carbocycles. The number of hydrogen-bond acceptors (Lipinski definition) is 2. The molecular weight excluding hydrogens is 230 g/mol. The van der Waals surface area contributed by atoms with Gasteiger partial charge in [-0.2, -0.15) is 0 Å². The summed E-state index contributed by atoms with van der Waals surface area (Å²) in [4.78, 5) is 16.6. The van der Waals surface area contributed by atoms with Gasteiger partial charge in [0.1, 0.15) is 0 Å². The summed E-state index contributed by atoms with van der Waals surface area (Å²) in [5, 5.41) is 0. The average Bonchev–Trinajstić information content (AvgIpc) is 2.78. The maximum atomic E-state index is 12.4. The highest BCUT2D eigenvalue weighted by atomic mass is 32.1. The normalized spacial score (nSPS) is 17.1. The van der Waals surface area contributed by atoms with E-state index in [9.17, 15) is 4.79 Å². The molecular formula is C14H21NOS. The van der Waals surface area contributed by atoms with E-state index in [2.05, 4.69) is 18.7 Å². The van der Waals surface area contributed by atoms with Gasteiger partial charge in [-0.3, -0.25) is 4.79 Å². The summed E-state index contributed by atoms with van der Waals surface area (Å²) in [5.41, 5.74) is 0. The van der Waals surface area contributed by atoms with Crippen LogP contribution >= 0.6 is 11.3 Å². The highest BCUT2D eigenvalue weighted by molar-refractivity contribution is 7.13. The molecule has 2 rings (SSSR count). The van der Waals surface area contributed by atoms with Gasteiger partial charge in [0.2, 0.25) is 0 Å². The Morgan fingerprint density at radius 2 is 2.06 bits per heavy atom. The lowest BCUT2D eigenvalue weighted by atomic mass is 9.94. The largest absolute Gasteiger partial charge is 0.335 e. The van der Waals surface area contributed by atoms with Crippen molar-refractivity contribution >= 4 is 17.2 Å². The molecule has 2 nitrogen and oxygen atoms in total. The first kappa shape index (κ1) is 12.6. The first-order chi connectivity index (χ1) is 8.22. The van der Waals surface area contributed by atoms with E-state index in [1.54, 1.807) is 11.3 Å². The van der Waals surface area contributed by atoms with Crippen molar-refractivity contribution in [2.45, 2.75) is 52.0 Å². The second-order valence-electron chi connectivity index (χ2n) is 4.79. The minimum absolute atomic E-state index is 0.234. The average molecular weight is 251 g/mol. The lowest BCUT2D eigenvalue weighted by molar-refractivity contribution is 0.0653. The van der Waals surface area contributed by atoms with Crippen LogP contribution in [-0.2, 0) is 0 Å². The van der Waals surface area contributed by atoms with Crippen LogP contribution in [0.15, 0.2) is 12.1 Å². The number of aryl methyl sites for hydroxylation is 1. The summed E-state index contributed by atoms with van der Waals surface area (Å²) in [6.07, 6.45) is 6.25. The maximum Gasteiger partial charge on any atom is 0.264 e. The van der Waals surface area contributed by atoms with Gasteiger partial charge >= 0.3 is 0 Å². The number of carbonyl (C=O) groups is 1. The van der Waals surface area contributed by atoms with Gasteiger partial charge in [0.15, 0.2) is 0 Å². The van der Waals surface area contributed by atoms with Crippen molar-refractivity contribution in [1.82, 2.24) is 4.90 Å². The van der Waals surface area contributed by atoms with Gasteiger partial charge in [-0.1, -0.05) is 19.3 Å². The van der Waals surface area contributed by atoms with Crippen molar-refractivity contribution < 1.29 is 4.79 Å². The van der Waals surface area contributed by atoms with Crippen molar-refractivity contribution in [1.29, 1.82) is 0 Å². The fourth-order valence-corrected chi connectivity index (χ4v) is 3.47. The molecule has 17 heavy (non-hydrogen) atoms. The summed E-state index contributed by atoms with van der Waals surface area (Å²) < 4.78 is 0. The van der Waals surface area contributed by atoms with E-state index in [0.717, 1.165) is 11.4 Å². The molecule has 1 saturated carbocycles. The van der Waals surface area contributed by atoms with E-state index in [-0.39, 0.29) is 5.91 Å². The topological polar surface area (TPSA) is 20.3 Å². The molecule has 0 bridgehead atoms. The molecule has 1 amide bonds. The Balaban J connectivity index is 2.09. The van der Waals surface area contributed by atoms with Crippen molar-refractivity contribution in [2.24, 2.45) is 0 Å². The van der Waals surface area contributed by atoms with Gasteiger partial charge in [-0.25, -0.2) is 0 Å². The highest BCUT2D eigenvalue weighted by Gasteiger charge is 2.25. The van der Waals surface area contributed by atoms with Gasteiger partial charge in [-0.15, -0.1) is 11.3 Å². The number of amides is 1. The third-order valence-corrected chi connectivity index (χ3v) is 4.56. The minimum atomic E-state index is 0.234. The van der Waals surface area contributed by atoms with Gasteiger partial charge in [0.25, 0.3) is 5.91 Å². The molecule has 0 atom stereocenters. The molecule has 1 aliphatic rings. The summed E-state index contributed by atoms with van der Waals surface area (Å²) in [5.74, 6) is 0.234. The van der Waals surface area contributed by atoms with Crippen LogP contribution in [0.1, 0.15) is 53.6 Å². The third kappa shape index (κ3) is 2.89. The molecule has 0 radical (unpaired) electrons. The standard InChI is InChI=1S/C14H21NOS/c1-3-15(12-7-5-4-6-8-12)14(16)13-10-9-11(2)17-13/h9-10,12H,3-8H2,1-2H3. The molecule has 1 fully saturated rings. The Bertz CT molecular complexity index is 379. The van der Waals surface area contributed by atoms with Crippen LogP contribution in [0.3, 0.4) is 0 Å². The summed E-state index contributed by atoms with van der Waals surface area (Å²) in [6.45, 7) is 4.98. The second-order valence-corrected chi connectivity index (χ2v) is 6.08. The second kappa shape index (κ2) is 5.67. The highest BCUT2D eigenvalue weighted by Crippen LogP contribution is 2.25. The number of rotatable bonds is 3. The molecule has 1 heterocycles. The van der Waals surface area contributed by atoms with Crippen LogP contribution in [0, 0.1) is 6.92 Å². The van der Waals surface area contributed by atoms with E-state index in [1.165, 1.54) is 37.0 Å². The van der Waals surface area contributed by atoms with Gasteiger partial charge in [0, 0.05) is 17.5 Å². The van der Waals surface area contributed by atoms with Gasteiger partial charge < -0.3 is 4.90 Å². The van der Waals surface area contributed by atoms with E-state index in [4.69, 9.17) is 0 Å². The smallest absolute Gasteiger partial charge is 0.264 e. The Morgan fingerprint density at radius 3 is 2.59 bits per heavy atom. The van der Waals surface area contributed by atoms with Crippen molar-refractivity contribution in [3.8, 4) is 0 Å². The third-order valence-electron chi connectivity index (χ3n) is 3.57. The number of nitrogens with zero attached hydrogens (tertiary/aromatic N) is 1. The Hall–Kier alpha value is -0.830. The lowest BCUT2D eigenvalue weighted by Crippen LogP contribution is -2.40. The van der Waals surface area contributed by atoms with Crippen molar-refractivity contribution in [2.75, 3.05) is 6.54 Å². The van der Waals surface area contributed by atoms with Crippen LogP contribution in [0.4, 0.5) is 0 Å². The predicted octanol–water partition coefficient (Wildman–Crippen LogP) is 3.85. The zero-order valence-electron chi connectivity index (χ0n) is 10.7. The SMILES string of the molecule is CCN(C(=O)c1ccc(C)s1)C1CCCCC1. The number of hydrogen-bond donors (Lipinski definition) is 0. The minimum Gasteiger partial charge on any atom is -0.335 e. The molecule has 0 aliphatic heterocycles. The Morgan fingerprint density at radius 1 is 1.35 bits per heavy atom. The number of thiophene rings is 1. The van der Waals surface area contributed by atoms with Crippen LogP contribution in [0.5, 0.6) is 0 Å². The molecule has 1 aromatic rings. The lowest BCUT2D eigenvalue weighted by Gasteiger charge is -2.33.